The Bertz CT molecular complexity index is 1510. The number of amides is 3. The van der Waals surface area contributed by atoms with Gasteiger partial charge in [0.2, 0.25) is 17.7 Å². The van der Waals surface area contributed by atoms with E-state index in [1.165, 1.54) is 4.90 Å². The van der Waals surface area contributed by atoms with Gasteiger partial charge in [0.15, 0.2) is 5.78 Å². The van der Waals surface area contributed by atoms with Crippen LogP contribution in [-0.2, 0) is 42.9 Å². The number of nitrogens with zero attached hydrogens (tertiary/aromatic N) is 3. The Morgan fingerprint density at radius 2 is 1.44 bits per heavy atom. The van der Waals surface area contributed by atoms with E-state index in [0.717, 1.165) is 12.0 Å². The fourth-order valence-electron chi connectivity index (χ4n) is 9.07. The van der Waals surface area contributed by atoms with E-state index in [2.05, 4.69) is 0 Å². The lowest BCUT2D eigenvalue weighted by molar-refractivity contribution is -0.149. The van der Waals surface area contributed by atoms with Gasteiger partial charge in [0.25, 0.3) is 0 Å². The van der Waals surface area contributed by atoms with Crippen molar-refractivity contribution in [2.24, 2.45) is 41.2 Å². The SMILES string of the molecule is CC[C@H](C)[C@@H]([C@@H](CC(=O)N1CCC[C@H]1[C@H](OC)[C@@H](C)C(=O)C[C@H](C)[C@@H](O)c1ccccc1)OC)N(C)C(=O)[C@@H](CC(=O)[C@H](C(C)C)N(C)C(=O)CCOCCOCCN)C(C)C. The third-order valence-electron chi connectivity index (χ3n) is 13.0. The number of aliphatic hydroxyl groups is 1. The number of hydrogen-bond donors (Lipinski definition) is 2. The summed E-state index contributed by atoms with van der Waals surface area (Å²) in [7, 11) is 6.49. The van der Waals surface area contributed by atoms with Crippen LogP contribution in [0.1, 0.15) is 112 Å². The van der Waals surface area contributed by atoms with Gasteiger partial charge in [-0.25, -0.2) is 0 Å². The molecule has 354 valence electrons. The van der Waals surface area contributed by atoms with Crippen LogP contribution < -0.4 is 5.73 Å². The van der Waals surface area contributed by atoms with Crippen LogP contribution in [0.3, 0.4) is 0 Å². The Balaban J connectivity index is 2.21. The fourth-order valence-corrected chi connectivity index (χ4v) is 9.07. The van der Waals surface area contributed by atoms with Crippen LogP contribution in [0.4, 0.5) is 0 Å². The third kappa shape index (κ3) is 15.8. The number of nitrogens with two attached hydrogens (primary N) is 1. The number of Topliss-reactive ketones (excluding diaryl/α,β-unsaturated/α-hetero) is 2. The first-order chi connectivity index (χ1) is 29.4. The standard InChI is InChI=1S/C48H82N4O10/c1-13-33(6)45(51(10)48(58)37(31(2)3)29-40(54)44(32(4)5)50(9)42(55)21-24-61-26-27-62-25-22-49)41(59-11)30-43(56)52-23-17-20-38(52)47(60-12)35(8)39(53)28-34(7)46(57)36-18-15-14-16-19-36/h14-16,18-19,31-35,37-38,41,44-47,57H,13,17,20-30,49H2,1-12H3/t33-,34-,35-,37-,38-,41+,44-,45-,46+,47+/m0/s1. The van der Waals surface area contributed by atoms with E-state index in [4.69, 9.17) is 24.7 Å². The number of aliphatic hydroxyl groups excluding tert-OH is 1. The van der Waals surface area contributed by atoms with Crippen LogP contribution in [-0.4, -0.2) is 147 Å². The number of likely N-dealkylation sites (N-methyl/N-ethyl adjacent to an activating group) is 2. The summed E-state index contributed by atoms with van der Waals surface area (Å²) in [4.78, 5) is 74.8. The summed E-state index contributed by atoms with van der Waals surface area (Å²) in [6.45, 7) is 17.7. The summed E-state index contributed by atoms with van der Waals surface area (Å²) in [5, 5.41) is 10.9. The molecule has 2 rings (SSSR count). The van der Waals surface area contributed by atoms with Gasteiger partial charge >= 0.3 is 0 Å². The Kier molecular flexibility index (Phi) is 24.6. The number of ether oxygens (including phenoxy) is 4. The van der Waals surface area contributed by atoms with Crippen molar-refractivity contribution in [3.8, 4) is 0 Å². The van der Waals surface area contributed by atoms with Gasteiger partial charge in [0.1, 0.15) is 5.78 Å². The smallest absolute Gasteiger partial charge is 0.226 e. The molecule has 3 amide bonds. The van der Waals surface area contributed by atoms with Crippen molar-refractivity contribution in [3.63, 3.8) is 0 Å². The van der Waals surface area contributed by atoms with E-state index in [-0.39, 0.29) is 91.3 Å². The fraction of sp³-hybridized carbons (Fsp3) is 0.771. The van der Waals surface area contributed by atoms with Crippen molar-refractivity contribution < 1.29 is 48.0 Å². The summed E-state index contributed by atoms with van der Waals surface area (Å²) in [5.74, 6) is -2.74. The van der Waals surface area contributed by atoms with Crippen LogP contribution in [0.5, 0.6) is 0 Å². The predicted molar refractivity (Wildman–Crippen MR) is 241 cm³/mol. The normalized spacial score (nSPS) is 18.7. The Labute approximate surface area is 372 Å². The first-order valence-electron chi connectivity index (χ1n) is 22.9. The molecule has 3 N–H and O–H groups in total. The number of ketones is 2. The van der Waals surface area contributed by atoms with Gasteiger partial charge in [0.05, 0.1) is 75.7 Å². The average molecular weight is 875 g/mol. The molecule has 14 nitrogen and oxygen atoms in total. The number of carbonyl (C=O) groups is 5. The second kappa shape index (κ2) is 27.8. The van der Waals surface area contributed by atoms with Gasteiger partial charge in [0, 0.05) is 66.1 Å². The highest BCUT2D eigenvalue weighted by molar-refractivity contribution is 5.93. The van der Waals surface area contributed by atoms with Crippen molar-refractivity contribution in [2.45, 2.75) is 137 Å². The lowest BCUT2D eigenvalue weighted by Crippen LogP contribution is -2.54. The number of benzene rings is 1. The minimum Gasteiger partial charge on any atom is -0.388 e. The van der Waals surface area contributed by atoms with Gasteiger partial charge in [-0.15, -0.1) is 0 Å². The number of methoxy groups -OCH3 is 2. The molecule has 1 aliphatic rings. The summed E-state index contributed by atoms with van der Waals surface area (Å²) >= 11 is 0. The third-order valence-corrected chi connectivity index (χ3v) is 13.0. The topological polar surface area (TPSA) is 178 Å². The molecule has 0 spiro atoms. The molecular weight excluding hydrogens is 793 g/mol. The molecule has 62 heavy (non-hydrogen) atoms. The van der Waals surface area contributed by atoms with Crippen LogP contribution in [0.15, 0.2) is 30.3 Å². The zero-order chi connectivity index (χ0) is 46.7. The van der Waals surface area contributed by atoms with E-state index >= 15 is 0 Å². The van der Waals surface area contributed by atoms with E-state index < -0.39 is 42.2 Å². The molecule has 1 aliphatic heterocycles. The minimum atomic E-state index is -0.785. The molecule has 0 aliphatic carbocycles. The molecule has 0 saturated carbocycles. The van der Waals surface area contributed by atoms with Crippen molar-refractivity contribution >= 4 is 29.3 Å². The summed E-state index contributed by atoms with van der Waals surface area (Å²) in [6, 6.07) is 7.77. The van der Waals surface area contributed by atoms with E-state index in [0.29, 0.717) is 45.8 Å². The molecule has 1 heterocycles. The number of hydrogen-bond acceptors (Lipinski definition) is 11. The van der Waals surface area contributed by atoms with Crippen molar-refractivity contribution in [2.75, 3.05) is 67.8 Å². The molecule has 10 atom stereocenters. The second-order valence-corrected chi connectivity index (χ2v) is 18.1. The first kappa shape index (κ1) is 54.9. The Morgan fingerprint density at radius 3 is 1.98 bits per heavy atom. The Hall–Kier alpha value is -3.27. The largest absolute Gasteiger partial charge is 0.388 e. The van der Waals surface area contributed by atoms with Gasteiger partial charge in [-0.1, -0.05) is 92.1 Å². The molecule has 0 bridgehead atoms. The summed E-state index contributed by atoms with van der Waals surface area (Å²) in [5.41, 5.74) is 6.20. The maximum atomic E-state index is 14.6. The zero-order valence-electron chi connectivity index (χ0n) is 40.0. The van der Waals surface area contributed by atoms with Crippen LogP contribution >= 0.6 is 0 Å². The molecule has 1 aromatic carbocycles. The number of rotatable bonds is 30. The molecule has 0 aromatic heterocycles. The number of carbonyl (C=O) groups excluding carboxylic acids is 5. The van der Waals surface area contributed by atoms with Crippen molar-refractivity contribution in [1.29, 1.82) is 0 Å². The highest BCUT2D eigenvalue weighted by Gasteiger charge is 2.43. The monoisotopic (exact) mass is 875 g/mol. The minimum absolute atomic E-state index is 0.0106. The molecule has 0 radical (unpaired) electrons. The van der Waals surface area contributed by atoms with Crippen molar-refractivity contribution in [3.05, 3.63) is 35.9 Å². The Morgan fingerprint density at radius 1 is 0.806 bits per heavy atom. The van der Waals surface area contributed by atoms with E-state index in [9.17, 15) is 29.1 Å². The number of likely N-dealkylation sites (tertiary alicyclic amines) is 1. The van der Waals surface area contributed by atoms with Crippen molar-refractivity contribution in [1.82, 2.24) is 14.7 Å². The van der Waals surface area contributed by atoms with Gasteiger partial charge in [-0.3, -0.25) is 24.0 Å². The van der Waals surface area contributed by atoms with E-state index in [1.54, 1.807) is 33.2 Å². The zero-order valence-corrected chi connectivity index (χ0v) is 40.0. The quantitative estimate of drug-likeness (QED) is 0.0956. The molecule has 14 heteroatoms. The maximum Gasteiger partial charge on any atom is 0.226 e. The van der Waals surface area contributed by atoms with Crippen LogP contribution in [0.2, 0.25) is 0 Å². The summed E-state index contributed by atoms with van der Waals surface area (Å²) in [6.07, 6.45) is 0.397. The lowest BCUT2D eigenvalue weighted by Gasteiger charge is -2.41. The molecular formula is C48H82N4O10. The molecule has 1 saturated heterocycles. The molecule has 0 unspecified atom stereocenters. The second-order valence-electron chi connectivity index (χ2n) is 18.1. The molecule has 1 fully saturated rings. The highest BCUT2D eigenvalue weighted by Crippen LogP contribution is 2.33. The summed E-state index contributed by atoms with van der Waals surface area (Å²) < 4.78 is 22.9. The maximum absolute atomic E-state index is 14.6. The van der Waals surface area contributed by atoms with Gasteiger partial charge in [-0.2, -0.15) is 0 Å². The van der Waals surface area contributed by atoms with Gasteiger partial charge < -0.3 is 44.5 Å². The first-order valence-corrected chi connectivity index (χ1v) is 22.9. The van der Waals surface area contributed by atoms with Crippen LogP contribution in [0.25, 0.3) is 0 Å². The average Bonchev–Trinajstić information content (AvgIpc) is 3.74. The molecule has 1 aromatic rings. The predicted octanol–water partition coefficient (Wildman–Crippen LogP) is 5.33. The van der Waals surface area contributed by atoms with Gasteiger partial charge in [-0.05, 0) is 42.1 Å². The highest BCUT2D eigenvalue weighted by atomic mass is 16.5. The lowest BCUT2D eigenvalue weighted by atomic mass is 9.83. The van der Waals surface area contributed by atoms with E-state index in [1.807, 2.05) is 90.6 Å². The van der Waals surface area contributed by atoms with Crippen LogP contribution in [0, 0.1) is 35.5 Å².